The zero-order valence-electron chi connectivity index (χ0n) is 7.95. The minimum atomic E-state index is -0.281. The van der Waals surface area contributed by atoms with E-state index in [-0.39, 0.29) is 17.5 Å². The second-order valence-corrected chi connectivity index (χ2v) is 3.78. The van der Waals surface area contributed by atoms with Crippen molar-refractivity contribution in [1.82, 2.24) is 4.90 Å². The number of rotatable bonds is 1. The third-order valence-corrected chi connectivity index (χ3v) is 3.32. The summed E-state index contributed by atoms with van der Waals surface area (Å²) in [6.45, 7) is 4.24. The summed E-state index contributed by atoms with van der Waals surface area (Å²) in [7, 11) is 0. The largest absolute Gasteiger partial charge is 0.381 e. The van der Waals surface area contributed by atoms with Crippen molar-refractivity contribution in [3.8, 4) is 0 Å². The fourth-order valence-corrected chi connectivity index (χ4v) is 2.50. The van der Waals surface area contributed by atoms with Gasteiger partial charge in [0, 0.05) is 19.8 Å². The molecule has 0 saturated carbocycles. The summed E-state index contributed by atoms with van der Waals surface area (Å²) in [4.78, 5) is 13.3. The SMILES string of the molecule is CCN1C(=O)[C@H](N)C12CCOCC2. The van der Waals surface area contributed by atoms with E-state index in [0.717, 1.165) is 32.6 Å². The lowest BCUT2D eigenvalue weighted by Gasteiger charge is -2.57. The first kappa shape index (κ1) is 8.97. The molecule has 2 heterocycles. The second-order valence-electron chi connectivity index (χ2n) is 3.78. The average molecular weight is 184 g/mol. The molecule has 2 fully saturated rings. The van der Waals surface area contributed by atoms with Gasteiger partial charge in [-0.1, -0.05) is 0 Å². The van der Waals surface area contributed by atoms with Gasteiger partial charge in [-0.15, -0.1) is 0 Å². The Kier molecular flexibility index (Phi) is 2.04. The van der Waals surface area contributed by atoms with Gasteiger partial charge in [-0.3, -0.25) is 4.79 Å². The van der Waals surface area contributed by atoms with Crippen LogP contribution in [0, 0.1) is 0 Å². The monoisotopic (exact) mass is 184 g/mol. The molecule has 2 N–H and O–H groups in total. The van der Waals surface area contributed by atoms with E-state index >= 15 is 0 Å². The molecule has 13 heavy (non-hydrogen) atoms. The first-order valence-electron chi connectivity index (χ1n) is 4.87. The van der Waals surface area contributed by atoms with Crippen LogP contribution in [0.15, 0.2) is 0 Å². The molecular formula is C9H16N2O2. The zero-order valence-corrected chi connectivity index (χ0v) is 7.95. The van der Waals surface area contributed by atoms with Gasteiger partial charge in [-0.25, -0.2) is 0 Å². The molecule has 0 aliphatic carbocycles. The van der Waals surface area contributed by atoms with Crippen LogP contribution in [0.25, 0.3) is 0 Å². The summed E-state index contributed by atoms with van der Waals surface area (Å²) < 4.78 is 5.28. The standard InChI is InChI=1S/C9H16N2O2/c1-2-11-8(12)7(10)9(11)3-5-13-6-4-9/h7H,2-6,10H2,1H3/t7-/m0/s1. The van der Waals surface area contributed by atoms with Crippen LogP contribution in [-0.4, -0.2) is 42.1 Å². The maximum atomic E-state index is 11.4. The number of nitrogens with zero attached hydrogens (tertiary/aromatic N) is 1. The molecule has 0 aromatic heterocycles. The highest BCUT2D eigenvalue weighted by atomic mass is 16.5. The Hall–Kier alpha value is -0.610. The number of amides is 1. The predicted octanol–water partition coefficient (Wildman–Crippen LogP) is -0.275. The molecule has 0 aromatic rings. The van der Waals surface area contributed by atoms with Crippen molar-refractivity contribution >= 4 is 5.91 Å². The van der Waals surface area contributed by atoms with Gasteiger partial charge in [-0.05, 0) is 19.8 Å². The number of nitrogens with two attached hydrogens (primary N) is 1. The first-order chi connectivity index (χ1) is 6.22. The molecule has 1 spiro atoms. The van der Waals surface area contributed by atoms with Gasteiger partial charge in [-0.2, -0.15) is 0 Å². The lowest BCUT2D eigenvalue weighted by molar-refractivity contribution is -0.170. The van der Waals surface area contributed by atoms with Gasteiger partial charge >= 0.3 is 0 Å². The third kappa shape index (κ3) is 1.02. The van der Waals surface area contributed by atoms with E-state index in [4.69, 9.17) is 10.5 Å². The van der Waals surface area contributed by atoms with Crippen LogP contribution in [0.1, 0.15) is 19.8 Å². The predicted molar refractivity (Wildman–Crippen MR) is 48.1 cm³/mol. The van der Waals surface area contributed by atoms with Crippen LogP contribution in [0.3, 0.4) is 0 Å². The van der Waals surface area contributed by atoms with Crippen LogP contribution in [0.2, 0.25) is 0 Å². The number of hydrogen-bond acceptors (Lipinski definition) is 3. The van der Waals surface area contributed by atoms with E-state index in [2.05, 4.69) is 0 Å². The summed E-state index contributed by atoms with van der Waals surface area (Å²) in [6, 6.07) is -0.281. The topological polar surface area (TPSA) is 55.6 Å². The number of hydrogen-bond donors (Lipinski definition) is 1. The third-order valence-electron chi connectivity index (χ3n) is 3.32. The molecule has 0 aromatic carbocycles. The van der Waals surface area contributed by atoms with Crippen molar-refractivity contribution in [2.75, 3.05) is 19.8 Å². The Morgan fingerprint density at radius 1 is 1.62 bits per heavy atom. The number of likely N-dealkylation sites (tertiary alicyclic amines) is 1. The molecular weight excluding hydrogens is 168 g/mol. The fourth-order valence-electron chi connectivity index (χ4n) is 2.50. The van der Waals surface area contributed by atoms with E-state index in [1.807, 2.05) is 11.8 Å². The molecule has 4 nitrogen and oxygen atoms in total. The van der Waals surface area contributed by atoms with Crippen LogP contribution >= 0.6 is 0 Å². The number of ether oxygens (including phenoxy) is 1. The summed E-state index contributed by atoms with van der Waals surface area (Å²) in [5.41, 5.74) is 5.79. The summed E-state index contributed by atoms with van der Waals surface area (Å²) in [6.07, 6.45) is 1.79. The van der Waals surface area contributed by atoms with Crippen molar-refractivity contribution in [1.29, 1.82) is 0 Å². The number of likely N-dealkylation sites (N-methyl/N-ethyl adjacent to an activating group) is 1. The average Bonchev–Trinajstić information content (AvgIpc) is 2.19. The van der Waals surface area contributed by atoms with E-state index in [1.54, 1.807) is 0 Å². The molecule has 0 bridgehead atoms. The van der Waals surface area contributed by atoms with Crippen molar-refractivity contribution < 1.29 is 9.53 Å². The Bertz CT molecular complexity index is 224. The number of carbonyl (C=O) groups is 1. The lowest BCUT2D eigenvalue weighted by Crippen LogP contribution is -2.78. The molecule has 1 amide bonds. The Morgan fingerprint density at radius 3 is 2.77 bits per heavy atom. The Morgan fingerprint density at radius 2 is 2.23 bits per heavy atom. The van der Waals surface area contributed by atoms with Gasteiger partial charge in [0.2, 0.25) is 5.91 Å². The van der Waals surface area contributed by atoms with E-state index in [1.165, 1.54) is 0 Å². The molecule has 2 aliphatic rings. The van der Waals surface area contributed by atoms with Gasteiger partial charge in [0.05, 0.1) is 5.54 Å². The minimum absolute atomic E-state index is 0.0654. The maximum absolute atomic E-state index is 11.4. The van der Waals surface area contributed by atoms with Gasteiger partial charge < -0.3 is 15.4 Å². The van der Waals surface area contributed by atoms with Gasteiger partial charge in [0.1, 0.15) is 6.04 Å². The molecule has 2 rings (SSSR count). The summed E-state index contributed by atoms with van der Waals surface area (Å²) in [5.74, 6) is 0.101. The normalized spacial score (nSPS) is 32.0. The van der Waals surface area contributed by atoms with E-state index in [0.29, 0.717) is 0 Å². The molecule has 74 valence electrons. The lowest BCUT2D eigenvalue weighted by atomic mass is 9.73. The van der Waals surface area contributed by atoms with Crippen LogP contribution in [0.4, 0.5) is 0 Å². The van der Waals surface area contributed by atoms with Gasteiger partial charge in [0.25, 0.3) is 0 Å². The van der Waals surface area contributed by atoms with Gasteiger partial charge in [0.15, 0.2) is 0 Å². The molecule has 0 unspecified atom stereocenters. The van der Waals surface area contributed by atoms with E-state index < -0.39 is 0 Å². The van der Waals surface area contributed by atoms with Crippen molar-refractivity contribution in [2.24, 2.45) is 5.73 Å². The quantitative estimate of drug-likeness (QED) is 0.570. The molecule has 2 saturated heterocycles. The Labute approximate surface area is 78.0 Å². The fraction of sp³-hybridized carbons (Fsp3) is 0.889. The minimum Gasteiger partial charge on any atom is -0.381 e. The van der Waals surface area contributed by atoms with Crippen molar-refractivity contribution in [2.45, 2.75) is 31.3 Å². The molecule has 4 heteroatoms. The van der Waals surface area contributed by atoms with Crippen LogP contribution < -0.4 is 5.73 Å². The van der Waals surface area contributed by atoms with Crippen molar-refractivity contribution in [3.63, 3.8) is 0 Å². The maximum Gasteiger partial charge on any atom is 0.242 e. The zero-order chi connectivity index (χ0) is 9.47. The number of β-lactam (4-membered cyclic amide) rings is 1. The highest BCUT2D eigenvalue weighted by Crippen LogP contribution is 2.38. The molecule has 2 aliphatic heterocycles. The summed E-state index contributed by atoms with van der Waals surface area (Å²) in [5, 5.41) is 0. The highest BCUT2D eigenvalue weighted by molar-refractivity contribution is 5.91. The highest BCUT2D eigenvalue weighted by Gasteiger charge is 2.57. The first-order valence-corrected chi connectivity index (χ1v) is 4.87. The van der Waals surface area contributed by atoms with E-state index in [9.17, 15) is 4.79 Å². The van der Waals surface area contributed by atoms with Crippen LogP contribution in [-0.2, 0) is 9.53 Å². The van der Waals surface area contributed by atoms with Crippen molar-refractivity contribution in [3.05, 3.63) is 0 Å². The molecule has 0 radical (unpaired) electrons. The van der Waals surface area contributed by atoms with Crippen LogP contribution in [0.5, 0.6) is 0 Å². The second kappa shape index (κ2) is 2.96. The summed E-state index contributed by atoms with van der Waals surface area (Å²) >= 11 is 0. The Balaban J connectivity index is 2.15. The number of carbonyl (C=O) groups excluding carboxylic acids is 1. The smallest absolute Gasteiger partial charge is 0.242 e. The molecule has 1 atom stereocenters.